The molecule has 0 bridgehead atoms. The van der Waals surface area contributed by atoms with Crippen LogP contribution in [0.2, 0.25) is 0 Å². The largest absolute Gasteiger partial charge is 0.471 e. The van der Waals surface area contributed by atoms with E-state index < -0.39 is 17.0 Å². The van der Waals surface area contributed by atoms with Crippen molar-refractivity contribution in [1.29, 1.82) is 0 Å². The summed E-state index contributed by atoms with van der Waals surface area (Å²) in [4.78, 5) is 21.7. The smallest absolute Gasteiger partial charge is 0.338 e. The normalized spacial score (nSPS) is 11.3. The van der Waals surface area contributed by atoms with Crippen LogP contribution >= 0.6 is 11.3 Å². The van der Waals surface area contributed by atoms with Crippen molar-refractivity contribution >= 4 is 22.2 Å². The maximum absolute atomic E-state index is 12.1. The highest BCUT2D eigenvalue weighted by molar-refractivity contribution is 7.15. The number of hydrogen-bond donors (Lipinski definition) is 0. The summed E-state index contributed by atoms with van der Waals surface area (Å²) >= 11 is 0.884. The van der Waals surface area contributed by atoms with Crippen LogP contribution in [0.25, 0.3) is 0 Å². The minimum absolute atomic E-state index is 0.0743. The van der Waals surface area contributed by atoms with Gasteiger partial charge >= 0.3 is 17.1 Å². The lowest BCUT2D eigenvalue weighted by molar-refractivity contribution is -0.380. The number of likely N-dealkylation sites (N-methyl/N-ethyl adjacent to an activating group) is 1. The Morgan fingerprint density at radius 2 is 2.11 bits per heavy atom. The summed E-state index contributed by atoms with van der Waals surface area (Å²) in [7, 11) is 1.04. The number of rotatable bonds is 4. The first kappa shape index (κ1) is 14.4. The summed E-state index contributed by atoms with van der Waals surface area (Å²) in [6.07, 6.45) is -4.74. The molecule has 1 rings (SSSR count). The Labute approximate surface area is 104 Å². The fraction of sp³-hybridized carbons (Fsp3) is 0.444. The van der Waals surface area contributed by atoms with Gasteiger partial charge in [0.25, 0.3) is 0 Å². The van der Waals surface area contributed by atoms with Crippen LogP contribution in [0, 0.1) is 10.1 Å². The first-order valence-electron chi connectivity index (χ1n) is 4.77. The first-order valence-corrected chi connectivity index (χ1v) is 5.59. The van der Waals surface area contributed by atoms with E-state index >= 15 is 0 Å². The minimum Gasteiger partial charge on any atom is -0.338 e. The van der Waals surface area contributed by atoms with Gasteiger partial charge in [-0.05, 0) is 12.5 Å². The highest BCUT2D eigenvalue weighted by Crippen LogP contribution is 2.24. The first-order chi connectivity index (χ1) is 8.21. The van der Waals surface area contributed by atoms with Crippen molar-refractivity contribution in [3.8, 4) is 0 Å². The molecular weight excluding hydrogens is 273 g/mol. The maximum atomic E-state index is 12.1. The summed E-state index contributed by atoms with van der Waals surface area (Å²) < 4.78 is 36.2. The molecule has 9 heteroatoms. The quantitative estimate of drug-likeness (QED) is 0.628. The lowest BCUT2D eigenvalue weighted by Gasteiger charge is -2.17. The molecule has 5 nitrogen and oxygen atoms in total. The molecule has 0 aliphatic rings. The number of alkyl halides is 3. The number of nitrogens with zero attached hydrogens (tertiary/aromatic N) is 2. The van der Waals surface area contributed by atoms with Crippen LogP contribution in [0.3, 0.4) is 0 Å². The molecule has 1 aromatic rings. The number of halogens is 3. The van der Waals surface area contributed by atoms with Gasteiger partial charge in [-0.3, -0.25) is 14.9 Å². The molecule has 0 radical (unpaired) electrons. The average molecular weight is 282 g/mol. The van der Waals surface area contributed by atoms with Gasteiger partial charge in [0.2, 0.25) is 0 Å². The van der Waals surface area contributed by atoms with Crippen LogP contribution in [-0.2, 0) is 11.2 Å². The van der Waals surface area contributed by atoms with Gasteiger partial charge in [-0.15, -0.1) is 0 Å². The lowest BCUT2D eigenvalue weighted by Crippen LogP contribution is -2.39. The maximum Gasteiger partial charge on any atom is 0.471 e. The fourth-order valence-corrected chi connectivity index (χ4v) is 2.00. The number of carbonyl (C=O) groups excluding carboxylic acids is 1. The van der Waals surface area contributed by atoms with E-state index in [0.717, 1.165) is 18.4 Å². The van der Waals surface area contributed by atoms with Gasteiger partial charge in [-0.1, -0.05) is 11.3 Å². The molecule has 0 saturated carbocycles. The SMILES string of the molecule is CN(CCc1ccc([N+](=O)[O-])s1)C(=O)C(F)(F)F. The van der Waals surface area contributed by atoms with Crippen molar-refractivity contribution in [2.24, 2.45) is 0 Å². The molecule has 0 aliphatic carbocycles. The van der Waals surface area contributed by atoms with Gasteiger partial charge in [0.05, 0.1) is 4.92 Å². The number of nitro groups is 1. The second kappa shape index (κ2) is 5.34. The molecule has 1 amide bonds. The summed E-state index contributed by atoms with van der Waals surface area (Å²) in [5.41, 5.74) is 0. The molecule has 0 atom stereocenters. The van der Waals surface area contributed by atoms with E-state index in [-0.39, 0.29) is 18.0 Å². The molecule has 0 saturated heterocycles. The molecule has 0 aliphatic heterocycles. The van der Waals surface area contributed by atoms with Crippen molar-refractivity contribution in [3.63, 3.8) is 0 Å². The Kier molecular flexibility index (Phi) is 4.28. The van der Waals surface area contributed by atoms with Gasteiger partial charge < -0.3 is 4.90 Å². The second-order valence-electron chi connectivity index (χ2n) is 3.47. The van der Waals surface area contributed by atoms with Crippen molar-refractivity contribution in [2.75, 3.05) is 13.6 Å². The van der Waals surface area contributed by atoms with Crippen LogP contribution < -0.4 is 0 Å². The number of amides is 1. The Balaban J connectivity index is 2.55. The Hall–Kier alpha value is -1.64. The predicted molar refractivity (Wildman–Crippen MR) is 58.4 cm³/mol. The van der Waals surface area contributed by atoms with E-state index in [1.54, 1.807) is 0 Å². The number of carbonyl (C=O) groups is 1. The van der Waals surface area contributed by atoms with Gasteiger partial charge in [0, 0.05) is 24.5 Å². The molecular formula is C9H9F3N2O3S. The fourth-order valence-electron chi connectivity index (χ4n) is 1.19. The summed E-state index contributed by atoms with van der Waals surface area (Å²) in [5, 5.41) is 10.3. The Morgan fingerprint density at radius 3 is 2.56 bits per heavy atom. The molecule has 0 aromatic carbocycles. The standard InChI is InChI=1S/C9H9F3N2O3S/c1-13(8(15)9(10,11)12)5-4-6-2-3-7(18-6)14(16)17/h2-3H,4-5H2,1H3. The Bertz CT molecular complexity index is 458. The van der Waals surface area contributed by atoms with Gasteiger partial charge in [0.15, 0.2) is 0 Å². The van der Waals surface area contributed by atoms with Crippen LogP contribution in [-0.4, -0.2) is 35.5 Å². The van der Waals surface area contributed by atoms with Crippen molar-refractivity contribution in [2.45, 2.75) is 12.6 Å². The van der Waals surface area contributed by atoms with Crippen LogP contribution in [0.4, 0.5) is 18.2 Å². The summed E-state index contributed by atoms with van der Waals surface area (Å²) in [6.45, 7) is -0.143. The second-order valence-corrected chi connectivity index (χ2v) is 4.62. The minimum atomic E-state index is -4.89. The third kappa shape index (κ3) is 3.69. The molecule has 100 valence electrons. The highest BCUT2D eigenvalue weighted by atomic mass is 32.1. The Morgan fingerprint density at radius 1 is 1.50 bits per heavy atom. The molecule has 1 heterocycles. The van der Waals surface area contributed by atoms with E-state index in [1.165, 1.54) is 12.1 Å². The lowest BCUT2D eigenvalue weighted by atomic mass is 10.3. The van der Waals surface area contributed by atoms with Crippen molar-refractivity contribution in [3.05, 3.63) is 27.1 Å². The van der Waals surface area contributed by atoms with E-state index in [9.17, 15) is 28.1 Å². The van der Waals surface area contributed by atoms with Crippen LogP contribution in [0.5, 0.6) is 0 Å². The van der Waals surface area contributed by atoms with Crippen LogP contribution in [0.15, 0.2) is 12.1 Å². The zero-order chi connectivity index (χ0) is 13.9. The van der Waals surface area contributed by atoms with Gasteiger partial charge in [-0.25, -0.2) is 0 Å². The highest BCUT2D eigenvalue weighted by Gasteiger charge is 2.40. The zero-order valence-corrected chi connectivity index (χ0v) is 10.0. The van der Waals surface area contributed by atoms with E-state index in [4.69, 9.17) is 0 Å². The molecule has 18 heavy (non-hydrogen) atoms. The van der Waals surface area contributed by atoms with Crippen LogP contribution in [0.1, 0.15) is 4.88 Å². The molecule has 0 N–H and O–H groups in total. The van der Waals surface area contributed by atoms with E-state index in [1.807, 2.05) is 0 Å². The number of hydrogen-bond acceptors (Lipinski definition) is 4. The summed E-state index contributed by atoms with van der Waals surface area (Å²) in [6, 6.07) is 2.75. The topological polar surface area (TPSA) is 63.4 Å². The third-order valence-electron chi connectivity index (χ3n) is 2.11. The molecule has 0 unspecified atom stereocenters. The van der Waals surface area contributed by atoms with Crippen molar-refractivity contribution < 1.29 is 22.9 Å². The van der Waals surface area contributed by atoms with Gasteiger partial charge in [0.1, 0.15) is 0 Å². The number of thiophene rings is 1. The van der Waals surface area contributed by atoms with Crippen molar-refractivity contribution in [1.82, 2.24) is 4.90 Å². The molecule has 1 aromatic heterocycles. The molecule has 0 spiro atoms. The zero-order valence-electron chi connectivity index (χ0n) is 9.23. The van der Waals surface area contributed by atoms with E-state index in [2.05, 4.69) is 0 Å². The molecule has 0 fully saturated rings. The van der Waals surface area contributed by atoms with E-state index in [0.29, 0.717) is 9.78 Å². The average Bonchev–Trinajstić information content (AvgIpc) is 2.72. The monoisotopic (exact) mass is 282 g/mol. The van der Waals surface area contributed by atoms with Gasteiger partial charge in [-0.2, -0.15) is 13.2 Å². The third-order valence-corrected chi connectivity index (χ3v) is 3.21. The summed E-state index contributed by atoms with van der Waals surface area (Å²) in [5.74, 6) is -1.92. The predicted octanol–water partition coefficient (Wildman–Crippen LogP) is 2.22.